The lowest BCUT2D eigenvalue weighted by Gasteiger charge is -2.18. The van der Waals surface area contributed by atoms with Crippen molar-refractivity contribution in [2.45, 2.75) is 39.2 Å². The SMILES string of the molecule is CC(C)(C)c1ccc(-c2nc3c(s2)CNCC3)cc1. The van der Waals surface area contributed by atoms with Crippen LogP contribution in [0.2, 0.25) is 0 Å². The molecule has 0 atom stereocenters. The van der Waals surface area contributed by atoms with Crippen LogP contribution < -0.4 is 5.32 Å². The molecule has 0 aliphatic carbocycles. The molecule has 19 heavy (non-hydrogen) atoms. The number of hydrogen-bond donors (Lipinski definition) is 1. The van der Waals surface area contributed by atoms with E-state index in [0.29, 0.717) is 0 Å². The monoisotopic (exact) mass is 272 g/mol. The molecule has 3 rings (SSSR count). The maximum absolute atomic E-state index is 4.79. The number of thiazole rings is 1. The summed E-state index contributed by atoms with van der Waals surface area (Å²) in [6, 6.07) is 8.87. The first-order valence-electron chi connectivity index (χ1n) is 6.84. The highest BCUT2D eigenvalue weighted by Gasteiger charge is 2.17. The highest BCUT2D eigenvalue weighted by molar-refractivity contribution is 7.15. The van der Waals surface area contributed by atoms with Gasteiger partial charge in [-0.15, -0.1) is 11.3 Å². The Morgan fingerprint density at radius 1 is 1.16 bits per heavy atom. The van der Waals surface area contributed by atoms with Crippen LogP contribution in [0.3, 0.4) is 0 Å². The predicted octanol–water partition coefficient (Wildman–Crippen LogP) is 3.75. The molecular weight excluding hydrogens is 252 g/mol. The molecule has 0 saturated heterocycles. The van der Waals surface area contributed by atoms with E-state index in [1.807, 2.05) is 11.3 Å². The summed E-state index contributed by atoms with van der Waals surface area (Å²) in [5, 5.41) is 4.57. The Labute approximate surface area is 118 Å². The van der Waals surface area contributed by atoms with Crippen molar-refractivity contribution in [3.05, 3.63) is 40.4 Å². The minimum Gasteiger partial charge on any atom is -0.311 e. The second-order valence-electron chi connectivity index (χ2n) is 6.14. The van der Waals surface area contributed by atoms with Crippen LogP contribution in [0.4, 0.5) is 0 Å². The van der Waals surface area contributed by atoms with E-state index in [4.69, 9.17) is 4.98 Å². The quantitative estimate of drug-likeness (QED) is 0.855. The number of aromatic nitrogens is 1. The van der Waals surface area contributed by atoms with Crippen molar-refractivity contribution in [3.8, 4) is 10.6 Å². The molecular formula is C16H20N2S. The first-order valence-corrected chi connectivity index (χ1v) is 7.66. The minimum absolute atomic E-state index is 0.213. The van der Waals surface area contributed by atoms with Crippen molar-refractivity contribution in [3.63, 3.8) is 0 Å². The van der Waals surface area contributed by atoms with Gasteiger partial charge < -0.3 is 5.32 Å². The normalized spacial score (nSPS) is 15.3. The molecule has 0 spiro atoms. The molecule has 0 unspecified atom stereocenters. The summed E-state index contributed by atoms with van der Waals surface area (Å²) >= 11 is 1.83. The molecule has 2 aromatic rings. The van der Waals surface area contributed by atoms with Crippen LogP contribution in [0.5, 0.6) is 0 Å². The first-order chi connectivity index (χ1) is 9.04. The average Bonchev–Trinajstić information content (AvgIpc) is 2.81. The number of benzene rings is 1. The Morgan fingerprint density at radius 2 is 1.89 bits per heavy atom. The number of hydrogen-bond acceptors (Lipinski definition) is 3. The van der Waals surface area contributed by atoms with Crippen LogP contribution in [-0.2, 0) is 18.4 Å². The third-order valence-corrected chi connectivity index (χ3v) is 4.75. The molecule has 0 bridgehead atoms. The number of nitrogens with one attached hydrogen (secondary N) is 1. The van der Waals surface area contributed by atoms with Crippen molar-refractivity contribution in [2.75, 3.05) is 6.54 Å². The smallest absolute Gasteiger partial charge is 0.123 e. The van der Waals surface area contributed by atoms with Crippen molar-refractivity contribution in [1.29, 1.82) is 0 Å². The first kappa shape index (κ1) is 12.8. The fourth-order valence-corrected chi connectivity index (χ4v) is 3.44. The second kappa shape index (κ2) is 4.73. The minimum atomic E-state index is 0.213. The van der Waals surface area contributed by atoms with Crippen LogP contribution in [-0.4, -0.2) is 11.5 Å². The largest absolute Gasteiger partial charge is 0.311 e. The molecule has 2 nitrogen and oxygen atoms in total. The van der Waals surface area contributed by atoms with Gasteiger partial charge >= 0.3 is 0 Å². The third kappa shape index (κ3) is 2.58. The molecule has 0 saturated carbocycles. The summed E-state index contributed by atoms with van der Waals surface area (Å²) in [5.41, 5.74) is 4.12. The lowest BCUT2D eigenvalue weighted by Crippen LogP contribution is -2.22. The molecule has 2 heterocycles. The molecule has 1 aliphatic rings. The van der Waals surface area contributed by atoms with E-state index in [9.17, 15) is 0 Å². The number of rotatable bonds is 1. The van der Waals surface area contributed by atoms with Crippen LogP contribution in [0.1, 0.15) is 36.9 Å². The molecule has 3 heteroatoms. The van der Waals surface area contributed by atoms with E-state index in [2.05, 4.69) is 50.4 Å². The van der Waals surface area contributed by atoms with Crippen molar-refractivity contribution in [1.82, 2.24) is 10.3 Å². The highest BCUT2D eigenvalue weighted by atomic mass is 32.1. The summed E-state index contributed by atoms with van der Waals surface area (Å²) in [4.78, 5) is 6.20. The zero-order valence-electron chi connectivity index (χ0n) is 11.8. The predicted molar refractivity (Wildman–Crippen MR) is 81.7 cm³/mol. The molecule has 0 amide bonds. The lowest BCUT2D eigenvalue weighted by molar-refractivity contribution is 0.590. The molecule has 1 aromatic heterocycles. The summed E-state index contributed by atoms with van der Waals surface area (Å²) in [7, 11) is 0. The van der Waals surface area contributed by atoms with E-state index in [1.54, 1.807) is 0 Å². The third-order valence-electron chi connectivity index (χ3n) is 3.60. The summed E-state index contributed by atoms with van der Waals surface area (Å²) in [6.07, 6.45) is 1.06. The average molecular weight is 272 g/mol. The van der Waals surface area contributed by atoms with Gasteiger partial charge in [0.1, 0.15) is 5.01 Å². The fourth-order valence-electron chi connectivity index (χ4n) is 2.36. The molecule has 1 N–H and O–H groups in total. The van der Waals surface area contributed by atoms with Gasteiger partial charge in [0.15, 0.2) is 0 Å². The fraction of sp³-hybridized carbons (Fsp3) is 0.438. The van der Waals surface area contributed by atoms with Crippen LogP contribution >= 0.6 is 11.3 Å². The Bertz CT molecular complexity index is 552. The Balaban J connectivity index is 1.92. The van der Waals surface area contributed by atoms with Gasteiger partial charge in [-0.3, -0.25) is 0 Å². The maximum atomic E-state index is 4.79. The summed E-state index contributed by atoms with van der Waals surface area (Å²) in [6.45, 7) is 8.77. The Kier molecular flexibility index (Phi) is 3.19. The zero-order valence-corrected chi connectivity index (χ0v) is 12.6. The standard InChI is InChI=1S/C16H20N2S/c1-16(2,3)12-6-4-11(5-7-12)15-18-13-8-9-17-10-14(13)19-15/h4-7,17H,8-10H2,1-3H3. The Hall–Kier alpha value is -1.19. The molecule has 1 aliphatic heterocycles. The van der Waals surface area contributed by atoms with Gasteiger partial charge in [-0.1, -0.05) is 45.0 Å². The van der Waals surface area contributed by atoms with Gasteiger partial charge in [0.25, 0.3) is 0 Å². The number of fused-ring (bicyclic) bond motifs is 1. The van der Waals surface area contributed by atoms with E-state index in [1.165, 1.54) is 21.7 Å². The van der Waals surface area contributed by atoms with Gasteiger partial charge in [-0.05, 0) is 11.0 Å². The van der Waals surface area contributed by atoms with Gasteiger partial charge in [0, 0.05) is 30.0 Å². The van der Waals surface area contributed by atoms with Crippen LogP contribution in [0, 0.1) is 0 Å². The molecule has 0 fully saturated rings. The van der Waals surface area contributed by atoms with Gasteiger partial charge in [0.2, 0.25) is 0 Å². The van der Waals surface area contributed by atoms with Crippen molar-refractivity contribution >= 4 is 11.3 Å². The van der Waals surface area contributed by atoms with Crippen LogP contribution in [0.25, 0.3) is 10.6 Å². The maximum Gasteiger partial charge on any atom is 0.123 e. The van der Waals surface area contributed by atoms with Crippen LogP contribution in [0.15, 0.2) is 24.3 Å². The molecule has 1 aromatic carbocycles. The number of nitrogens with zero attached hydrogens (tertiary/aromatic N) is 1. The van der Waals surface area contributed by atoms with Crippen molar-refractivity contribution in [2.24, 2.45) is 0 Å². The van der Waals surface area contributed by atoms with E-state index < -0.39 is 0 Å². The lowest BCUT2D eigenvalue weighted by atomic mass is 9.87. The van der Waals surface area contributed by atoms with E-state index in [0.717, 1.165) is 24.5 Å². The van der Waals surface area contributed by atoms with Crippen molar-refractivity contribution < 1.29 is 0 Å². The van der Waals surface area contributed by atoms with Gasteiger partial charge in [0.05, 0.1) is 5.69 Å². The topological polar surface area (TPSA) is 24.9 Å². The van der Waals surface area contributed by atoms with E-state index >= 15 is 0 Å². The highest BCUT2D eigenvalue weighted by Crippen LogP contribution is 2.31. The zero-order chi connectivity index (χ0) is 13.5. The van der Waals surface area contributed by atoms with Gasteiger partial charge in [-0.25, -0.2) is 4.98 Å². The summed E-state index contributed by atoms with van der Waals surface area (Å²) < 4.78 is 0. The van der Waals surface area contributed by atoms with Gasteiger partial charge in [-0.2, -0.15) is 0 Å². The van der Waals surface area contributed by atoms with E-state index in [-0.39, 0.29) is 5.41 Å². The second-order valence-corrected chi connectivity index (χ2v) is 7.23. The summed E-state index contributed by atoms with van der Waals surface area (Å²) in [5.74, 6) is 0. The molecule has 0 radical (unpaired) electrons. The Morgan fingerprint density at radius 3 is 2.53 bits per heavy atom. The molecule has 100 valence electrons.